The summed E-state index contributed by atoms with van der Waals surface area (Å²) in [5.41, 5.74) is 6.41. The minimum absolute atomic E-state index is 0.265. The summed E-state index contributed by atoms with van der Waals surface area (Å²) in [6, 6.07) is 7.84. The molecule has 0 saturated heterocycles. The van der Waals surface area contributed by atoms with Crippen molar-refractivity contribution in [3.8, 4) is 0 Å². The van der Waals surface area contributed by atoms with Crippen LogP contribution in [0.5, 0.6) is 0 Å². The highest BCUT2D eigenvalue weighted by Crippen LogP contribution is 2.14. The number of aliphatic carboxylic acids is 1. The van der Waals surface area contributed by atoms with Crippen molar-refractivity contribution >= 4 is 16.9 Å². The first-order valence-corrected chi connectivity index (χ1v) is 4.39. The maximum Gasteiger partial charge on any atom is 0.326 e. The molecular weight excluding hydrogens is 194 g/mol. The molecule has 0 fully saturated rings. The molecule has 0 radical (unpaired) electrons. The molecule has 1 aromatic carbocycles. The number of rotatable bonds is 2. The van der Waals surface area contributed by atoms with E-state index in [4.69, 9.17) is 10.8 Å². The van der Waals surface area contributed by atoms with Gasteiger partial charge in [-0.1, -0.05) is 18.2 Å². The van der Waals surface area contributed by atoms with E-state index in [9.17, 15) is 4.79 Å². The second kappa shape index (κ2) is 3.62. The van der Waals surface area contributed by atoms with E-state index in [1.807, 2.05) is 18.2 Å². The highest BCUT2D eigenvalue weighted by atomic mass is 16.4. The summed E-state index contributed by atoms with van der Waals surface area (Å²) >= 11 is 0. The summed E-state index contributed by atoms with van der Waals surface area (Å²) in [6.45, 7) is 0. The zero-order valence-corrected chi connectivity index (χ0v) is 7.79. The zero-order valence-electron chi connectivity index (χ0n) is 7.79. The Balaban J connectivity index is 2.51. The number of carbonyl (C=O) groups is 1. The molecule has 15 heavy (non-hydrogen) atoms. The highest BCUT2D eigenvalue weighted by molar-refractivity contribution is 5.80. The van der Waals surface area contributed by atoms with E-state index in [-0.39, 0.29) is 5.69 Å². The quantitative estimate of drug-likeness (QED) is 0.750. The Morgan fingerprint density at radius 1 is 1.33 bits per heavy atom. The van der Waals surface area contributed by atoms with Crippen LogP contribution in [0.4, 0.5) is 0 Å². The third kappa shape index (κ3) is 1.77. The standard InChI is InChI=1S/C10H9N3O2/c11-9(10(14)15)8-5-6-3-1-2-4-7(6)12-13-8/h1-5,9H,11H2,(H,14,15). The fourth-order valence-electron chi connectivity index (χ4n) is 1.28. The van der Waals surface area contributed by atoms with Gasteiger partial charge in [-0.15, -0.1) is 0 Å². The number of hydrogen-bond donors (Lipinski definition) is 2. The zero-order chi connectivity index (χ0) is 10.8. The fraction of sp³-hybridized carbons (Fsp3) is 0.100. The number of aromatic nitrogens is 2. The molecule has 2 aromatic rings. The molecule has 0 spiro atoms. The number of nitrogens with zero attached hydrogens (tertiary/aromatic N) is 2. The maximum atomic E-state index is 10.6. The first-order valence-electron chi connectivity index (χ1n) is 4.39. The average molecular weight is 203 g/mol. The van der Waals surface area contributed by atoms with Crippen molar-refractivity contribution in [1.29, 1.82) is 0 Å². The van der Waals surface area contributed by atoms with Crippen LogP contribution in [0.3, 0.4) is 0 Å². The van der Waals surface area contributed by atoms with Crippen molar-refractivity contribution < 1.29 is 9.90 Å². The van der Waals surface area contributed by atoms with Crippen LogP contribution in [0.15, 0.2) is 30.3 Å². The molecule has 0 aliphatic carbocycles. The molecule has 0 amide bonds. The second-order valence-electron chi connectivity index (χ2n) is 3.14. The van der Waals surface area contributed by atoms with Gasteiger partial charge in [-0.3, -0.25) is 4.79 Å². The summed E-state index contributed by atoms with van der Waals surface area (Å²) in [6.07, 6.45) is 0. The molecule has 3 N–H and O–H groups in total. The van der Waals surface area contributed by atoms with Gasteiger partial charge in [0.15, 0.2) is 0 Å². The lowest BCUT2D eigenvalue weighted by Crippen LogP contribution is -2.22. The van der Waals surface area contributed by atoms with Gasteiger partial charge in [0.25, 0.3) is 0 Å². The van der Waals surface area contributed by atoms with Crippen LogP contribution >= 0.6 is 0 Å². The maximum absolute atomic E-state index is 10.6. The number of hydrogen-bond acceptors (Lipinski definition) is 4. The molecule has 0 aliphatic rings. The minimum Gasteiger partial charge on any atom is -0.480 e. The van der Waals surface area contributed by atoms with E-state index in [0.29, 0.717) is 0 Å². The normalized spacial score (nSPS) is 12.6. The lowest BCUT2D eigenvalue weighted by Gasteiger charge is -2.05. The third-order valence-corrected chi connectivity index (χ3v) is 2.10. The second-order valence-corrected chi connectivity index (χ2v) is 3.14. The van der Waals surface area contributed by atoms with Gasteiger partial charge < -0.3 is 10.8 Å². The third-order valence-electron chi connectivity index (χ3n) is 2.10. The molecule has 1 heterocycles. The fourth-order valence-corrected chi connectivity index (χ4v) is 1.28. The summed E-state index contributed by atoms with van der Waals surface area (Å²) in [7, 11) is 0. The van der Waals surface area contributed by atoms with E-state index in [1.54, 1.807) is 12.1 Å². The van der Waals surface area contributed by atoms with Crippen LogP contribution in [0.25, 0.3) is 10.9 Å². The first kappa shape index (κ1) is 9.54. The van der Waals surface area contributed by atoms with Gasteiger partial charge in [0, 0.05) is 5.39 Å². The smallest absolute Gasteiger partial charge is 0.326 e. The predicted molar refractivity (Wildman–Crippen MR) is 54.1 cm³/mol. The Kier molecular flexibility index (Phi) is 2.31. The number of nitrogens with two attached hydrogens (primary N) is 1. The summed E-state index contributed by atoms with van der Waals surface area (Å²) in [5.74, 6) is -1.11. The predicted octanol–water partition coefficient (Wildman–Crippen LogP) is 0.714. The molecule has 5 nitrogen and oxygen atoms in total. The molecule has 1 unspecified atom stereocenters. The molecular formula is C10H9N3O2. The van der Waals surface area contributed by atoms with Crippen molar-refractivity contribution in [3.63, 3.8) is 0 Å². The molecule has 0 bridgehead atoms. The summed E-state index contributed by atoms with van der Waals surface area (Å²) in [4.78, 5) is 10.6. The molecule has 0 aliphatic heterocycles. The van der Waals surface area contributed by atoms with Crippen LogP contribution < -0.4 is 5.73 Å². The lowest BCUT2D eigenvalue weighted by atomic mass is 10.1. The number of fused-ring (bicyclic) bond motifs is 1. The van der Waals surface area contributed by atoms with Crippen molar-refractivity contribution in [2.24, 2.45) is 5.73 Å². The van der Waals surface area contributed by atoms with Gasteiger partial charge in [0.2, 0.25) is 0 Å². The van der Waals surface area contributed by atoms with Gasteiger partial charge in [-0.25, -0.2) is 0 Å². The topological polar surface area (TPSA) is 89.1 Å². The Labute approximate surface area is 85.5 Å². The van der Waals surface area contributed by atoms with E-state index in [2.05, 4.69) is 10.2 Å². The summed E-state index contributed by atoms with van der Waals surface area (Å²) in [5, 5.41) is 17.2. The van der Waals surface area contributed by atoms with Gasteiger partial charge in [-0.05, 0) is 12.1 Å². The van der Waals surface area contributed by atoms with Crippen LogP contribution in [0, 0.1) is 0 Å². The summed E-state index contributed by atoms with van der Waals surface area (Å²) < 4.78 is 0. The Morgan fingerprint density at radius 3 is 2.80 bits per heavy atom. The molecule has 0 saturated carbocycles. The minimum atomic E-state index is -1.12. The van der Waals surface area contributed by atoms with E-state index >= 15 is 0 Å². The average Bonchev–Trinajstić information content (AvgIpc) is 2.27. The molecule has 1 aromatic heterocycles. The van der Waals surface area contributed by atoms with Crippen molar-refractivity contribution in [3.05, 3.63) is 36.0 Å². The molecule has 5 heteroatoms. The Hall–Kier alpha value is -2.01. The first-order chi connectivity index (χ1) is 7.18. The van der Waals surface area contributed by atoms with Crippen LogP contribution in [-0.2, 0) is 4.79 Å². The Bertz CT molecular complexity index is 513. The van der Waals surface area contributed by atoms with Crippen molar-refractivity contribution in [2.75, 3.05) is 0 Å². The van der Waals surface area contributed by atoms with Gasteiger partial charge in [-0.2, -0.15) is 10.2 Å². The molecule has 2 rings (SSSR count). The highest BCUT2D eigenvalue weighted by Gasteiger charge is 2.16. The van der Waals surface area contributed by atoms with Gasteiger partial charge in [0.1, 0.15) is 6.04 Å². The largest absolute Gasteiger partial charge is 0.480 e. The van der Waals surface area contributed by atoms with E-state index in [0.717, 1.165) is 10.9 Å². The molecule has 1 atom stereocenters. The number of carboxylic acids is 1. The number of carboxylic acid groups (broad SMARTS) is 1. The monoisotopic (exact) mass is 203 g/mol. The van der Waals surface area contributed by atoms with E-state index < -0.39 is 12.0 Å². The Morgan fingerprint density at radius 2 is 2.07 bits per heavy atom. The van der Waals surface area contributed by atoms with Crippen molar-refractivity contribution in [1.82, 2.24) is 10.2 Å². The SMILES string of the molecule is NC(C(=O)O)c1cc2ccccc2nn1. The van der Waals surface area contributed by atoms with Gasteiger partial charge >= 0.3 is 5.97 Å². The van der Waals surface area contributed by atoms with Gasteiger partial charge in [0.05, 0.1) is 11.2 Å². The van der Waals surface area contributed by atoms with Crippen LogP contribution in [0.1, 0.15) is 11.7 Å². The van der Waals surface area contributed by atoms with E-state index in [1.165, 1.54) is 0 Å². The lowest BCUT2D eigenvalue weighted by molar-refractivity contribution is -0.138. The van der Waals surface area contributed by atoms with Crippen molar-refractivity contribution in [2.45, 2.75) is 6.04 Å². The van der Waals surface area contributed by atoms with Crippen LogP contribution in [0.2, 0.25) is 0 Å². The van der Waals surface area contributed by atoms with Crippen LogP contribution in [-0.4, -0.2) is 21.3 Å². The number of benzene rings is 1. The molecule has 76 valence electrons.